The molecule has 1 aromatic heterocycles. The van der Waals surface area contributed by atoms with Crippen LogP contribution in [0.5, 0.6) is 0 Å². The van der Waals surface area contributed by atoms with Crippen LogP contribution in [0.15, 0.2) is 36.5 Å². The average Bonchev–Trinajstić information content (AvgIpc) is 2.97. The van der Waals surface area contributed by atoms with E-state index in [1.807, 2.05) is 24.6 Å². The first kappa shape index (κ1) is 16.8. The van der Waals surface area contributed by atoms with Crippen LogP contribution < -0.4 is 5.32 Å². The van der Waals surface area contributed by atoms with Gasteiger partial charge in [-0.1, -0.05) is 0 Å². The van der Waals surface area contributed by atoms with Gasteiger partial charge < -0.3 is 19.7 Å². The van der Waals surface area contributed by atoms with Gasteiger partial charge in [0, 0.05) is 25.0 Å². The zero-order chi connectivity index (χ0) is 17.0. The van der Waals surface area contributed by atoms with Crippen LogP contribution in [0.2, 0.25) is 0 Å². The van der Waals surface area contributed by atoms with Crippen LogP contribution in [0.4, 0.5) is 5.69 Å². The van der Waals surface area contributed by atoms with Crippen molar-refractivity contribution in [3.8, 4) is 0 Å². The molecule has 122 valence electrons. The Morgan fingerprint density at radius 3 is 2.65 bits per heavy atom. The number of carbonyl (C=O) groups excluding carboxylic acids is 1. The lowest BCUT2D eigenvalue weighted by Crippen LogP contribution is -2.18. The lowest BCUT2D eigenvalue weighted by atomic mass is 10.1. The maximum Gasteiger partial charge on any atom is 0.335 e. The van der Waals surface area contributed by atoms with Crippen LogP contribution in [0.25, 0.3) is 0 Å². The summed E-state index contributed by atoms with van der Waals surface area (Å²) in [6, 6.07) is 8.35. The first-order chi connectivity index (χ1) is 10.9. The Kier molecular flexibility index (Phi) is 5.18. The molecule has 0 fully saturated rings. The molecule has 1 amide bonds. The number of hydrogen-bond acceptors (Lipinski definition) is 3. The molecule has 1 aromatic carbocycles. The Morgan fingerprint density at radius 1 is 1.30 bits per heavy atom. The second kappa shape index (κ2) is 7.11. The molecule has 6 heteroatoms. The highest BCUT2D eigenvalue weighted by Crippen LogP contribution is 2.18. The summed E-state index contributed by atoms with van der Waals surface area (Å²) in [5.74, 6) is -1.33. The first-order valence-corrected chi connectivity index (χ1v) is 7.26. The monoisotopic (exact) mass is 316 g/mol. The minimum atomic E-state index is -1.05. The molecule has 2 N–H and O–H groups in total. The second-order valence-electron chi connectivity index (χ2n) is 5.51. The molecule has 0 atom stereocenters. The van der Waals surface area contributed by atoms with Crippen molar-refractivity contribution in [2.75, 3.05) is 12.4 Å². The number of carboxylic acids is 1. The fraction of sp³-hybridized carbons (Fsp3) is 0.294. The van der Waals surface area contributed by atoms with Crippen molar-refractivity contribution in [3.63, 3.8) is 0 Å². The third-order valence-corrected chi connectivity index (χ3v) is 3.38. The normalized spacial score (nSPS) is 10.8. The Bertz CT molecular complexity index is 719. The van der Waals surface area contributed by atoms with Gasteiger partial charge in [0.2, 0.25) is 0 Å². The highest BCUT2D eigenvalue weighted by atomic mass is 16.5. The van der Waals surface area contributed by atoms with Crippen LogP contribution in [0.1, 0.15) is 46.3 Å². The number of amides is 1. The third kappa shape index (κ3) is 3.98. The van der Waals surface area contributed by atoms with E-state index < -0.39 is 5.97 Å². The molecule has 2 aromatic rings. The van der Waals surface area contributed by atoms with E-state index in [0.717, 1.165) is 0 Å². The molecule has 0 unspecified atom stereocenters. The number of aromatic carboxylic acids is 1. The summed E-state index contributed by atoms with van der Waals surface area (Å²) in [4.78, 5) is 23.7. The highest BCUT2D eigenvalue weighted by molar-refractivity contribution is 6.04. The zero-order valence-corrected chi connectivity index (χ0v) is 13.4. The quantitative estimate of drug-likeness (QED) is 0.858. The van der Waals surface area contributed by atoms with Gasteiger partial charge in [-0.3, -0.25) is 4.79 Å². The second-order valence-corrected chi connectivity index (χ2v) is 5.51. The molecular formula is C17H20N2O4. The first-order valence-electron chi connectivity index (χ1n) is 7.26. The van der Waals surface area contributed by atoms with E-state index in [4.69, 9.17) is 4.74 Å². The number of benzene rings is 1. The van der Waals surface area contributed by atoms with Crippen LogP contribution in [0.3, 0.4) is 0 Å². The Hall–Kier alpha value is -2.60. The van der Waals surface area contributed by atoms with E-state index in [9.17, 15) is 14.7 Å². The number of aromatic nitrogens is 1. The van der Waals surface area contributed by atoms with Crippen molar-refractivity contribution in [2.24, 2.45) is 0 Å². The van der Waals surface area contributed by atoms with Gasteiger partial charge in [-0.2, -0.15) is 0 Å². The molecule has 0 saturated heterocycles. The average molecular weight is 316 g/mol. The van der Waals surface area contributed by atoms with E-state index in [1.54, 1.807) is 18.2 Å². The number of carbonyl (C=O) groups is 2. The number of methoxy groups -OCH3 is 1. The van der Waals surface area contributed by atoms with Gasteiger partial charge in [0.1, 0.15) is 5.69 Å². The maximum absolute atomic E-state index is 12.4. The lowest BCUT2D eigenvalue weighted by molar-refractivity contribution is 0.0696. The molecule has 23 heavy (non-hydrogen) atoms. The lowest BCUT2D eigenvalue weighted by Gasteiger charge is -2.13. The summed E-state index contributed by atoms with van der Waals surface area (Å²) in [7, 11) is 1.53. The van der Waals surface area contributed by atoms with E-state index in [1.165, 1.54) is 19.2 Å². The fourth-order valence-corrected chi connectivity index (χ4v) is 2.37. The summed E-state index contributed by atoms with van der Waals surface area (Å²) >= 11 is 0. The molecule has 0 saturated carbocycles. The summed E-state index contributed by atoms with van der Waals surface area (Å²) in [6.07, 6.45) is 1.84. The van der Waals surface area contributed by atoms with Crippen molar-refractivity contribution in [1.29, 1.82) is 0 Å². The van der Waals surface area contributed by atoms with Crippen molar-refractivity contribution >= 4 is 17.6 Å². The van der Waals surface area contributed by atoms with Gasteiger partial charge in [-0.25, -0.2) is 4.79 Å². The van der Waals surface area contributed by atoms with Crippen molar-refractivity contribution in [1.82, 2.24) is 4.57 Å². The van der Waals surface area contributed by atoms with E-state index in [0.29, 0.717) is 16.9 Å². The summed E-state index contributed by atoms with van der Waals surface area (Å²) in [5.41, 5.74) is 1.74. The Balaban J connectivity index is 2.29. The van der Waals surface area contributed by atoms with Crippen molar-refractivity contribution in [3.05, 3.63) is 53.3 Å². The topological polar surface area (TPSA) is 80.6 Å². The van der Waals surface area contributed by atoms with E-state index in [2.05, 4.69) is 5.32 Å². The Labute approximate surface area is 134 Å². The molecule has 0 spiro atoms. The minimum Gasteiger partial charge on any atom is -0.478 e. The number of carboxylic acid groups (broad SMARTS) is 1. The van der Waals surface area contributed by atoms with Gasteiger partial charge in [-0.05, 0) is 49.7 Å². The van der Waals surface area contributed by atoms with Gasteiger partial charge in [0.25, 0.3) is 5.91 Å². The number of anilines is 1. The van der Waals surface area contributed by atoms with Crippen LogP contribution in [-0.4, -0.2) is 28.7 Å². The third-order valence-electron chi connectivity index (χ3n) is 3.38. The molecule has 1 heterocycles. The molecule has 0 radical (unpaired) electrons. The predicted octanol–water partition coefficient (Wildman–Crippen LogP) is 3.17. The molecular weight excluding hydrogens is 296 g/mol. The summed E-state index contributed by atoms with van der Waals surface area (Å²) < 4.78 is 6.89. The number of nitrogens with one attached hydrogen (secondary N) is 1. The highest BCUT2D eigenvalue weighted by Gasteiger charge is 2.14. The van der Waals surface area contributed by atoms with E-state index >= 15 is 0 Å². The number of ether oxygens (including phenoxy) is 1. The minimum absolute atomic E-state index is 0.106. The summed E-state index contributed by atoms with van der Waals surface area (Å²) in [5, 5.41) is 11.9. The van der Waals surface area contributed by atoms with Crippen LogP contribution in [-0.2, 0) is 11.3 Å². The standard InChI is InChI=1S/C17H20N2O4/c1-11(2)19-6-4-5-15(19)16(20)18-14-8-12(10-23-3)7-13(9-14)17(21)22/h4-9,11H,10H2,1-3H3,(H,18,20)(H,21,22). The van der Waals surface area contributed by atoms with Gasteiger partial charge in [0.05, 0.1) is 12.2 Å². The number of rotatable bonds is 6. The van der Waals surface area contributed by atoms with Gasteiger partial charge in [-0.15, -0.1) is 0 Å². The van der Waals surface area contributed by atoms with Crippen LogP contribution >= 0.6 is 0 Å². The number of nitrogens with zero attached hydrogens (tertiary/aromatic N) is 1. The Morgan fingerprint density at radius 2 is 2.04 bits per heavy atom. The largest absolute Gasteiger partial charge is 0.478 e. The zero-order valence-electron chi connectivity index (χ0n) is 13.4. The van der Waals surface area contributed by atoms with Crippen molar-refractivity contribution < 1.29 is 19.4 Å². The van der Waals surface area contributed by atoms with Gasteiger partial charge >= 0.3 is 5.97 Å². The summed E-state index contributed by atoms with van der Waals surface area (Å²) in [6.45, 7) is 4.24. The molecule has 2 rings (SSSR count). The molecule has 0 aliphatic rings. The predicted molar refractivity (Wildman–Crippen MR) is 86.9 cm³/mol. The molecule has 6 nitrogen and oxygen atoms in total. The SMILES string of the molecule is COCc1cc(NC(=O)c2cccn2C(C)C)cc(C(=O)O)c1. The number of hydrogen-bond donors (Lipinski definition) is 2. The fourth-order valence-electron chi connectivity index (χ4n) is 2.37. The van der Waals surface area contributed by atoms with Crippen LogP contribution in [0, 0.1) is 0 Å². The molecule has 0 aliphatic heterocycles. The smallest absolute Gasteiger partial charge is 0.335 e. The van der Waals surface area contributed by atoms with Gasteiger partial charge in [0.15, 0.2) is 0 Å². The van der Waals surface area contributed by atoms with E-state index in [-0.39, 0.29) is 24.1 Å². The van der Waals surface area contributed by atoms with Crippen molar-refractivity contribution in [2.45, 2.75) is 26.5 Å². The molecule has 0 aliphatic carbocycles. The maximum atomic E-state index is 12.4. The molecule has 0 bridgehead atoms.